The number of pyridine rings is 1. The van der Waals surface area contributed by atoms with Gasteiger partial charge in [0, 0.05) is 30.4 Å². The van der Waals surface area contributed by atoms with Crippen molar-refractivity contribution in [2.24, 2.45) is 0 Å². The predicted molar refractivity (Wildman–Crippen MR) is 120 cm³/mol. The largest absolute Gasteiger partial charge is 0.433 e. The van der Waals surface area contributed by atoms with E-state index in [0.717, 1.165) is 29.6 Å². The van der Waals surface area contributed by atoms with Crippen LogP contribution in [0.1, 0.15) is 66.2 Å². The molecule has 0 amide bonds. The molecule has 1 aliphatic rings. The SMILES string of the molecule is C[C@@H](c1ccc(C(F)(F)F)nc1)n1nc(C#N)c2c(=O)[nH]c([C@H]3CC[C@@H]3c3ncc(Br)cn3)nc21. The third-order valence-corrected chi connectivity index (χ3v) is 6.62. The Kier molecular flexibility index (Phi) is 5.63. The minimum absolute atomic E-state index is 0.0266. The first kappa shape index (κ1) is 23.1. The lowest BCUT2D eigenvalue weighted by molar-refractivity contribution is -0.141. The zero-order valence-corrected chi connectivity index (χ0v) is 19.7. The van der Waals surface area contributed by atoms with Crippen molar-refractivity contribution in [2.45, 2.75) is 43.8 Å². The van der Waals surface area contributed by atoms with Gasteiger partial charge in [0.1, 0.15) is 28.8 Å². The molecule has 13 heteroatoms. The first-order chi connectivity index (χ1) is 16.7. The van der Waals surface area contributed by atoms with Crippen molar-refractivity contribution in [3.63, 3.8) is 0 Å². The fraction of sp³-hybridized carbons (Fsp3) is 0.318. The molecule has 178 valence electrons. The minimum atomic E-state index is -4.56. The smallest absolute Gasteiger partial charge is 0.310 e. The van der Waals surface area contributed by atoms with Crippen LogP contribution >= 0.6 is 15.9 Å². The molecule has 1 fully saturated rings. The van der Waals surface area contributed by atoms with Crippen LogP contribution in [0, 0.1) is 11.3 Å². The van der Waals surface area contributed by atoms with Gasteiger partial charge in [0.25, 0.3) is 5.56 Å². The van der Waals surface area contributed by atoms with Crippen molar-refractivity contribution in [3.8, 4) is 6.07 Å². The third-order valence-electron chi connectivity index (χ3n) is 6.21. The number of rotatable bonds is 4. The van der Waals surface area contributed by atoms with Gasteiger partial charge in [-0.15, -0.1) is 0 Å². The summed E-state index contributed by atoms with van der Waals surface area (Å²) in [6.45, 7) is 1.68. The Morgan fingerprint density at radius 3 is 2.46 bits per heavy atom. The number of fused-ring (bicyclic) bond motifs is 1. The van der Waals surface area contributed by atoms with Crippen LogP contribution in [-0.2, 0) is 6.18 Å². The van der Waals surface area contributed by atoms with E-state index in [1.165, 1.54) is 10.7 Å². The van der Waals surface area contributed by atoms with Crippen LogP contribution in [0.4, 0.5) is 13.2 Å². The highest BCUT2D eigenvalue weighted by Crippen LogP contribution is 2.46. The maximum Gasteiger partial charge on any atom is 0.433 e. The quantitative estimate of drug-likeness (QED) is 0.407. The molecule has 0 aromatic carbocycles. The summed E-state index contributed by atoms with van der Waals surface area (Å²) in [5.41, 5.74) is -1.05. The standard InChI is InChI=1S/C22H16BrF3N8O/c1-10(11-2-5-16(28-7-11)22(24,25)26)34-20-17(15(6-27)33-34)21(35)32-19(31-20)14-4-3-13(14)18-29-8-12(23)9-30-18/h2,5,7-10,13-14H,3-4H2,1H3,(H,31,32,35)/t10-,13-,14-/m0/s1. The van der Waals surface area contributed by atoms with Crippen molar-refractivity contribution < 1.29 is 13.2 Å². The normalized spacial score (nSPS) is 18.7. The van der Waals surface area contributed by atoms with Crippen molar-refractivity contribution in [2.75, 3.05) is 0 Å². The molecule has 4 aromatic rings. The summed E-state index contributed by atoms with van der Waals surface area (Å²) >= 11 is 3.31. The molecule has 0 aliphatic heterocycles. The highest BCUT2D eigenvalue weighted by atomic mass is 79.9. The van der Waals surface area contributed by atoms with Gasteiger partial charge in [0.2, 0.25) is 0 Å². The fourth-order valence-corrected chi connectivity index (χ4v) is 4.40. The predicted octanol–water partition coefficient (Wildman–Crippen LogP) is 4.23. The summed E-state index contributed by atoms with van der Waals surface area (Å²) in [7, 11) is 0. The molecule has 3 atom stereocenters. The highest BCUT2D eigenvalue weighted by Gasteiger charge is 2.38. The number of halogens is 4. The number of nitrogens with zero attached hydrogens (tertiary/aromatic N) is 7. The van der Waals surface area contributed by atoms with E-state index in [1.807, 2.05) is 6.07 Å². The summed E-state index contributed by atoms with van der Waals surface area (Å²) < 4.78 is 40.8. The molecule has 9 nitrogen and oxygen atoms in total. The molecular weight excluding hydrogens is 529 g/mol. The second kappa shape index (κ2) is 8.53. The maximum absolute atomic E-state index is 13.0. The lowest BCUT2D eigenvalue weighted by atomic mass is 9.72. The van der Waals surface area contributed by atoms with E-state index in [0.29, 0.717) is 17.2 Å². The van der Waals surface area contributed by atoms with Gasteiger partial charge in [-0.2, -0.15) is 23.5 Å². The van der Waals surface area contributed by atoms with Crippen molar-refractivity contribution in [1.29, 1.82) is 5.26 Å². The Balaban J connectivity index is 1.56. The average Bonchev–Trinajstić information content (AvgIpc) is 3.18. The Hall–Kier alpha value is -3.66. The van der Waals surface area contributed by atoms with Gasteiger partial charge in [0.15, 0.2) is 11.3 Å². The molecule has 5 rings (SSSR count). The van der Waals surface area contributed by atoms with E-state index in [2.05, 4.69) is 45.9 Å². The Morgan fingerprint density at radius 1 is 1.17 bits per heavy atom. The topological polar surface area (TPSA) is 126 Å². The molecule has 0 unspecified atom stereocenters. The molecule has 4 heterocycles. The molecule has 1 saturated carbocycles. The first-order valence-electron chi connectivity index (χ1n) is 10.6. The zero-order chi connectivity index (χ0) is 24.9. The highest BCUT2D eigenvalue weighted by molar-refractivity contribution is 9.10. The van der Waals surface area contributed by atoms with Crippen molar-refractivity contribution >= 4 is 27.0 Å². The van der Waals surface area contributed by atoms with E-state index in [4.69, 9.17) is 0 Å². The molecule has 1 N–H and O–H groups in total. The minimum Gasteiger partial charge on any atom is -0.310 e. The van der Waals surface area contributed by atoms with E-state index < -0.39 is 23.5 Å². The number of H-pyrrole nitrogens is 1. The number of nitrogens with one attached hydrogen (secondary N) is 1. The molecule has 1 aliphatic carbocycles. The monoisotopic (exact) mass is 544 g/mol. The number of aromatic nitrogens is 7. The van der Waals surface area contributed by atoms with E-state index >= 15 is 0 Å². The van der Waals surface area contributed by atoms with Gasteiger partial charge in [-0.1, -0.05) is 6.07 Å². The second-order valence-electron chi connectivity index (χ2n) is 8.26. The maximum atomic E-state index is 13.0. The molecule has 0 saturated heterocycles. The van der Waals surface area contributed by atoms with Crippen LogP contribution in [0.2, 0.25) is 0 Å². The van der Waals surface area contributed by atoms with Crippen LogP contribution in [0.25, 0.3) is 11.0 Å². The van der Waals surface area contributed by atoms with E-state index in [1.54, 1.807) is 19.3 Å². The van der Waals surface area contributed by atoms with Gasteiger partial charge in [0.05, 0.1) is 10.5 Å². The number of hydrogen-bond acceptors (Lipinski definition) is 7. The van der Waals surface area contributed by atoms with Crippen LogP contribution in [0.3, 0.4) is 0 Å². The Bertz CT molecular complexity index is 1510. The molecule has 35 heavy (non-hydrogen) atoms. The molecule has 0 bridgehead atoms. The van der Waals surface area contributed by atoms with Crippen molar-refractivity contribution in [1.82, 2.24) is 34.7 Å². The van der Waals surface area contributed by atoms with Crippen LogP contribution < -0.4 is 5.56 Å². The van der Waals surface area contributed by atoms with Gasteiger partial charge < -0.3 is 4.98 Å². The van der Waals surface area contributed by atoms with Crippen molar-refractivity contribution in [3.05, 3.63) is 74.1 Å². The molecule has 0 radical (unpaired) electrons. The second-order valence-corrected chi connectivity index (χ2v) is 9.17. The lowest BCUT2D eigenvalue weighted by Gasteiger charge is -2.34. The first-order valence-corrected chi connectivity index (χ1v) is 11.4. The lowest BCUT2D eigenvalue weighted by Crippen LogP contribution is -2.28. The molecular formula is C22H16BrF3N8O. The summed E-state index contributed by atoms with van der Waals surface area (Å²) in [6.07, 6.45) is 1.44. The van der Waals surface area contributed by atoms with E-state index in [9.17, 15) is 23.2 Å². The number of aromatic amines is 1. The molecule has 0 spiro atoms. The fourth-order valence-electron chi connectivity index (χ4n) is 4.20. The Labute approximate surface area is 204 Å². The summed E-state index contributed by atoms with van der Waals surface area (Å²) in [4.78, 5) is 32.6. The van der Waals surface area contributed by atoms with Gasteiger partial charge in [-0.05, 0) is 47.3 Å². The van der Waals surface area contributed by atoms with Gasteiger partial charge in [-0.3, -0.25) is 9.78 Å². The molecule has 4 aromatic heterocycles. The van der Waals surface area contributed by atoms with Gasteiger partial charge in [-0.25, -0.2) is 19.6 Å². The van der Waals surface area contributed by atoms with Crippen LogP contribution in [0.15, 0.2) is 40.0 Å². The van der Waals surface area contributed by atoms with E-state index in [-0.39, 0.29) is 28.6 Å². The third kappa shape index (κ3) is 4.07. The van der Waals surface area contributed by atoms with Gasteiger partial charge >= 0.3 is 6.18 Å². The number of nitriles is 1. The summed E-state index contributed by atoms with van der Waals surface area (Å²) in [6, 6.07) is 3.44. The Morgan fingerprint density at radius 2 is 1.89 bits per heavy atom. The zero-order valence-electron chi connectivity index (χ0n) is 18.1. The average molecular weight is 545 g/mol. The van der Waals surface area contributed by atoms with Crippen LogP contribution in [0.5, 0.6) is 0 Å². The summed E-state index contributed by atoms with van der Waals surface area (Å²) in [5.74, 6) is 0.897. The number of hydrogen-bond donors (Lipinski definition) is 1. The van der Waals surface area contributed by atoms with Crippen LogP contribution in [-0.4, -0.2) is 34.7 Å². The number of alkyl halides is 3. The summed E-state index contributed by atoms with van der Waals surface area (Å²) in [5, 5.41) is 13.8.